The maximum Gasteiger partial charge on any atom is 0.278 e. The second-order valence-corrected chi connectivity index (χ2v) is 7.69. The van der Waals surface area contributed by atoms with Crippen molar-refractivity contribution in [1.29, 1.82) is 0 Å². The Morgan fingerprint density at radius 3 is 2.44 bits per heavy atom. The molecule has 0 aromatic heterocycles. The van der Waals surface area contributed by atoms with Gasteiger partial charge in [0.1, 0.15) is 0 Å². The second-order valence-electron chi connectivity index (χ2n) is 4.87. The van der Waals surface area contributed by atoms with Crippen molar-refractivity contribution >= 4 is 26.1 Å². The lowest BCUT2D eigenvalue weighted by molar-refractivity contribution is 0.497. The van der Waals surface area contributed by atoms with Crippen LogP contribution in [0.3, 0.4) is 0 Å². The molecule has 1 saturated carbocycles. The minimum absolute atomic E-state index is 0.0385. The van der Waals surface area contributed by atoms with Crippen LogP contribution in [0, 0.1) is 0 Å². The third-order valence-electron chi connectivity index (χ3n) is 3.37. The van der Waals surface area contributed by atoms with Crippen LogP contribution in [0.1, 0.15) is 18.4 Å². The maximum absolute atomic E-state index is 11.7. The maximum atomic E-state index is 11.7. The molecule has 1 N–H and O–H groups in total. The van der Waals surface area contributed by atoms with Gasteiger partial charge in [0.25, 0.3) is 10.2 Å². The zero-order chi connectivity index (χ0) is 13.4. The van der Waals surface area contributed by atoms with Crippen LogP contribution in [0.2, 0.25) is 0 Å². The summed E-state index contributed by atoms with van der Waals surface area (Å²) in [5, 5.41) is 0. The molecule has 1 aromatic rings. The first-order chi connectivity index (χ1) is 8.37. The Bertz CT molecular complexity index is 539. The van der Waals surface area contributed by atoms with Crippen LogP contribution in [-0.2, 0) is 15.6 Å². The third-order valence-corrected chi connectivity index (χ3v) is 5.53. The van der Waals surface area contributed by atoms with Crippen LogP contribution in [0.15, 0.2) is 28.7 Å². The summed E-state index contributed by atoms with van der Waals surface area (Å²) >= 11 is 3.53. The highest BCUT2D eigenvalue weighted by molar-refractivity contribution is 9.10. The lowest BCUT2D eigenvalue weighted by Gasteiger charge is -2.20. The summed E-state index contributed by atoms with van der Waals surface area (Å²) in [5.41, 5.74) is 1.15. The van der Waals surface area contributed by atoms with E-state index in [1.807, 2.05) is 18.2 Å². The van der Waals surface area contributed by atoms with Crippen LogP contribution in [-0.4, -0.2) is 33.4 Å². The van der Waals surface area contributed by atoms with Crippen LogP contribution < -0.4 is 4.72 Å². The first kappa shape index (κ1) is 14.0. The molecule has 0 radical (unpaired) electrons. The molecular weight excluding hydrogens is 316 g/mol. The van der Waals surface area contributed by atoms with Gasteiger partial charge in [0, 0.05) is 30.5 Å². The average molecular weight is 333 g/mol. The van der Waals surface area contributed by atoms with Crippen LogP contribution in [0.4, 0.5) is 0 Å². The van der Waals surface area contributed by atoms with Gasteiger partial charge in [0.2, 0.25) is 0 Å². The Morgan fingerprint density at radius 2 is 1.94 bits per heavy atom. The van der Waals surface area contributed by atoms with Crippen LogP contribution in [0.5, 0.6) is 0 Å². The predicted octanol–water partition coefficient (Wildman–Crippen LogP) is 1.88. The quantitative estimate of drug-likeness (QED) is 0.894. The van der Waals surface area contributed by atoms with Crippen molar-refractivity contribution in [2.45, 2.75) is 18.3 Å². The van der Waals surface area contributed by atoms with E-state index in [1.54, 1.807) is 0 Å². The van der Waals surface area contributed by atoms with E-state index in [0.717, 1.165) is 17.3 Å². The van der Waals surface area contributed by atoms with Gasteiger partial charge in [-0.25, -0.2) is 4.72 Å². The molecule has 1 aliphatic carbocycles. The molecule has 0 spiro atoms. The topological polar surface area (TPSA) is 49.4 Å². The lowest BCUT2D eigenvalue weighted by atomic mass is 9.96. The first-order valence-corrected chi connectivity index (χ1v) is 8.03. The van der Waals surface area contributed by atoms with E-state index in [9.17, 15) is 8.42 Å². The predicted molar refractivity (Wildman–Crippen MR) is 75.7 cm³/mol. The number of rotatable bonds is 5. The molecule has 0 amide bonds. The van der Waals surface area contributed by atoms with Gasteiger partial charge < -0.3 is 0 Å². The average Bonchev–Trinajstić information content (AvgIpc) is 3.08. The standard InChI is InChI=1S/C12H17BrN2O2S/c1-15(2)18(16,17)14-9-12(7-8-12)10-5-3-4-6-11(10)13/h3-6,14H,7-9H2,1-2H3. The van der Waals surface area contributed by atoms with Crippen molar-refractivity contribution in [2.75, 3.05) is 20.6 Å². The monoisotopic (exact) mass is 332 g/mol. The number of benzene rings is 1. The second kappa shape index (κ2) is 4.92. The number of hydrogen-bond donors (Lipinski definition) is 1. The van der Waals surface area contributed by atoms with Gasteiger partial charge >= 0.3 is 0 Å². The van der Waals surface area contributed by atoms with E-state index in [-0.39, 0.29) is 5.41 Å². The van der Waals surface area contributed by atoms with Gasteiger partial charge in [-0.15, -0.1) is 0 Å². The van der Waals surface area contributed by atoms with E-state index in [0.29, 0.717) is 6.54 Å². The minimum atomic E-state index is -3.34. The Labute approximate surface area is 117 Å². The Morgan fingerprint density at radius 1 is 1.33 bits per heavy atom. The van der Waals surface area contributed by atoms with Gasteiger partial charge in [-0.3, -0.25) is 0 Å². The molecule has 0 saturated heterocycles. The highest BCUT2D eigenvalue weighted by Gasteiger charge is 2.45. The fourth-order valence-electron chi connectivity index (χ4n) is 1.94. The van der Waals surface area contributed by atoms with Gasteiger partial charge in [0.15, 0.2) is 0 Å². The van der Waals surface area contributed by atoms with Crippen molar-refractivity contribution in [3.05, 3.63) is 34.3 Å². The molecule has 0 unspecified atom stereocenters. The van der Waals surface area contributed by atoms with Crippen molar-refractivity contribution in [3.63, 3.8) is 0 Å². The molecule has 1 fully saturated rings. The summed E-state index contributed by atoms with van der Waals surface area (Å²) in [6.45, 7) is 0.454. The van der Waals surface area contributed by atoms with E-state index >= 15 is 0 Å². The molecule has 100 valence electrons. The molecule has 0 aliphatic heterocycles. The fraction of sp³-hybridized carbons (Fsp3) is 0.500. The van der Waals surface area contributed by atoms with Gasteiger partial charge in [0.05, 0.1) is 0 Å². The van der Waals surface area contributed by atoms with E-state index in [4.69, 9.17) is 0 Å². The smallest absolute Gasteiger partial charge is 0.201 e. The summed E-state index contributed by atoms with van der Waals surface area (Å²) in [5.74, 6) is 0. The van der Waals surface area contributed by atoms with E-state index in [1.165, 1.54) is 24.0 Å². The Hall–Kier alpha value is -0.430. The normalized spacial score (nSPS) is 18.0. The minimum Gasteiger partial charge on any atom is -0.201 e. The fourth-order valence-corrected chi connectivity index (χ4v) is 3.36. The summed E-state index contributed by atoms with van der Waals surface area (Å²) in [6, 6.07) is 8.01. The molecule has 0 bridgehead atoms. The molecule has 1 aliphatic rings. The summed E-state index contributed by atoms with van der Waals surface area (Å²) in [7, 11) is -0.288. The summed E-state index contributed by atoms with van der Waals surface area (Å²) in [4.78, 5) is 0. The largest absolute Gasteiger partial charge is 0.278 e. The molecule has 0 heterocycles. The SMILES string of the molecule is CN(C)S(=O)(=O)NCC1(c2ccccc2Br)CC1. The molecular formula is C12H17BrN2O2S. The third kappa shape index (κ3) is 2.77. The molecule has 6 heteroatoms. The number of nitrogens with one attached hydrogen (secondary N) is 1. The van der Waals surface area contributed by atoms with Crippen molar-refractivity contribution < 1.29 is 8.42 Å². The van der Waals surface area contributed by atoms with E-state index < -0.39 is 10.2 Å². The van der Waals surface area contributed by atoms with E-state index in [2.05, 4.69) is 26.7 Å². The first-order valence-electron chi connectivity index (χ1n) is 5.80. The summed E-state index contributed by atoms with van der Waals surface area (Å²) in [6.07, 6.45) is 2.04. The highest BCUT2D eigenvalue weighted by atomic mass is 79.9. The van der Waals surface area contributed by atoms with Gasteiger partial charge in [-0.2, -0.15) is 12.7 Å². The number of nitrogens with zero attached hydrogens (tertiary/aromatic N) is 1. The van der Waals surface area contributed by atoms with Crippen molar-refractivity contribution in [1.82, 2.24) is 9.03 Å². The molecule has 2 rings (SSSR count). The molecule has 4 nitrogen and oxygen atoms in total. The summed E-state index contributed by atoms with van der Waals surface area (Å²) < 4.78 is 28.4. The van der Waals surface area contributed by atoms with Crippen molar-refractivity contribution in [2.24, 2.45) is 0 Å². The number of hydrogen-bond acceptors (Lipinski definition) is 2. The zero-order valence-corrected chi connectivity index (χ0v) is 12.9. The Kier molecular flexibility index (Phi) is 3.82. The Balaban J connectivity index is 2.13. The number of halogens is 1. The van der Waals surface area contributed by atoms with Crippen LogP contribution >= 0.6 is 15.9 Å². The van der Waals surface area contributed by atoms with Gasteiger partial charge in [-0.05, 0) is 24.5 Å². The lowest BCUT2D eigenvalue weighted by Crippen LogP contribution is -2.39. The van der Waals surface area contributed by atoms with Crippen LogP contribution in [0.25, 0.3) is 0 Å². The molecule has 1 aromatic carbocycles. The molecule has 0 atom stereocenters. The molecule has 18 heavy (non-hydrogen) atoms. The highest BCUT2D eigenvalue weighted by Crippen LogP contribution is 2.49. The van der Waals surface area contributed by atoms with Gasteiger partial charge in [-0.1, -0.05) is 34.1 Å². The zero-order valence-electron chi connectivity index (χ0n) is 10.5. The van der Waals surface area contributed by atoms with Crippen molar-refractivity contribution in [3.8, 4) is 0 Å².